The molecule has 1 aromatic rings. The smallest absolute Gasteiger partial charge is 0.368 e. The van der Waals surface area contributed by atoms with Crippen LogP contribution in [0.25, 0.3) is 0 Å². The Morgan fingerprint density at radius 1 is 1.26 bits per heavy atom. The molecule has 1 unspecified atom stereocenters. The first kappa shape index (κ1) is 15.5. The highest BCUT2D eigenvalue weighted by Gasteiger charge is 2.34. The van der Waals surface area contributed by atoms with E-state index in [0.29, 0.717) is 0 Å². The van der Waals surface area contributed by atoms with E-state index in [0.717, 1.165) is 5.56 Å². The molecule has 1 amide bonds. The number of hydrogen-bond acceptors (Lipinski definition) is 3. The van der Waals surface area contributed by atoms with Crippen LogP contribution in [0.15, 0.2) is 30.3 Å². The Bertz CT molecular complexity index is 419. The Kier molecular flexibility index (Phi) is 4.90. The largest absolute Gasteiger partial charge is 0.405 e. The zero-order valence-corrected chi connectivity index (χ0v) is 10.1. The molecule has 0 heterocycles. The molecule has 0 spiro atoms. The Balaban J connectivity index is 2.48. The standard InChI is InChI=1S/C12H15F3N2O2/c13-12(14,15)8-17-10(18)11(16,19)7-6-9-4-2-1-3-5-9/h1-5,19H,6-8,16H2,(H,17,18). The lowest BCUT2D eigenvalue weighted by Gasteiger charge is -2.22. The van der Waals surface area contributed by atoms with E-state index in [4.69, 9.17) is 5.73 Å². The van der Waals surface area contributed by atoms with E-state index in [1.807, 2.05) is 0 Å². The van der Waals surface area contributed by atoms with E-state index in [-0.39, 0.29) is 12.8 Å². The second-order valence-electron chi connectivity index (χ2n) is 4.21. The van der Waals surface area contributed by atoms with Gasteiger partial charge in [0.1, 0.15) is 6.54 Å². The first-order valence-electron chi connectivity index (χ1n) is 5.61. The van der Waals surface area contributed by atoms with Crippen molar-refractivity contribution in [1.82, 2.24) is 5.32 Å². The van der Waals surface area contributed by atoms with Gasteiger partial charge in [0, 0.05) is 6.42 Å². The molecule has 4 N–H and O–H groups in total. The molecule has 0 radical (unpaired) electrons. The van der Waals surface area contributed by atoms with Gasteiger partial charge >= 0.3 is 6.18 Å². The average molecular weight is 276 g/mol. The SMILES string of the molecule is NC(O)(CCc1ccccc1)C(=O)NCC(F)(F)F. The van der Waals surface area contributed by atoms with Gasteiger partial charge in [0.15, 0.2) is 5.72 Å². The quantitative estimate of drug-likeness (QED) is 0.701. The molecule has 19 heavy (non-hydrogen) atoms. The van der Waals surface area contributed by atoms with Crippen LogP contribution in [-0.2, 0) is 11.2 Å². The first-order valence-corrected chi connectivity index (χ1v) is 5.61. The van der Waals surface area contributed by atoms with E-state index in [1.54, 1.807) is 35.6 Å². The van der Waals surface area contributed by atoms with Crippen molar-refractivity contribution in [3.05, 3.63) is 35.9 Å². The van der Waals surface area contributed by atoms with Crippen molar-refractivity contribution >= 4 is 5.91 Å². The number of nitrogens with one attached hydrogen (secondary N) is 1. The van der Waals surface area contributed by atoms with Crippen molar-refractivity contribution in [2.24, 2.45) is 5.73 Å². The summed E-state index contributed by atoms with van der Waals surface area (Å²) in [5.41, 5.74) is 3.82. The predicted octanol–water partition coefficient (Wildman–Crippen LogP) is 0.945. The Morgan fingerprint density at radius 3 is 2.37 bits per heavy atom. The third-order valence-corrected chi connectivity index (χ3v) is 2.48. The summed E-state index contributed by atoms with van der Waals surface area (Å²) in [6, 6.07) is 8.88. The second kappa shape index (κ2) is 6.03. The fourth-order valence-electron chi connectivity index (χ4n) is 1.43. The molecule has 0 bridgehead atoms. The summed E-state index contributed by atoms with van der Waals surface area (Å²) in [6.07, 6.45) is -4.42. The highest BCUT2D eigenvalue weighted by atomic mass is 19.4. The van der Waals surface area contributed by atoms with Gasteiger partial charge in [0.25, 0.3) is 5.91 Å². The second-order valence-corrected chi connectivity index (χ2v) is 4.21. The number of aliphatic hydroxyl groups is 1. The first-order chi connectivity index (χ1) is 8.71. The number of carbonyl (C=O) groups excluding carboxylic acids is 1. The Hall–Kier alpha value is -1.60. The van der Waals surface area contributed by atoms with E-state index in [1.165, 1.54) is 0 Å². The minimum absolute atomic E-state index is 0.166. The molecule has 7 heteroatoms. The fourth-order valence-corrected chi connectivity index (χ4v) is 1.43. The van der Waals surface area contributed by atoms with E-state index >= 15 is 0 Å². The summed E-state index contributed by atoms with van der Waals surface area (Å²) in [5, 5.41) is 11.2. The fraction of sp³-hybridized carbons (Fsp3) is 0.417. The number of halogens is 3. The van der Waals surface area contributed by atoms with Crippen LogP contribution in [0.1, 0.15) is 12.0 Å². The minimum Gasteiger partial charge on any atom is -0.368 e. The molecule has 0 aliphatic rings. The number of benzene rings is 1. The number of rotatable bonds is 5. The number of carbonyl (C=O) groups is 1. The van der Waals surface area contributed by atoms with Crippen LogP contribution in [0.4, 0.5) is 13.2 Å². The molecule has 1 rings (SSSR count). The lowest BCUT2D eigenvalue weighted by Crippen LogP contribution is -2.55. The number of aryl methyl sites for hydroxylation is 1. The lowest BCUT2D eigenvalue weighted by molar-refractivity contribution is -0.151. The van der Waals surface area contributed by atoms with Crippen LogP contribution in [0.5, 0.6) is 0 Å². The molecular weight excluding hydrogens is 261 g/mol. The van der Waals surface area contributed by atoms with Gasteiger partial charge in [-0.25, -0.2) is 0 Å². The molecule has 0 aliphatic carbocycles. The molecule has 1 atom stereocenters. The van der Waals surface area contributed by atoms with Crippen LogP contribution in [0, 0.1) is 0 Å². The normalized spacial score (nSPS) is 14.8. The highest BCUT2D eigenvalue weighted by molar-refractivity contribution is 5.84. The van der Waals surface area contributed by atoms with Crippen molar-refractivity contribution in [2.75, 3.05) is 6.54 Å². The number of alkyl halides is 3. The molecule has 1 aromatic carbocycles. The van der Waals surface area contributed by atoms with Gasteiger partial charge in [-0.2, -0.15) is 13.2 Å². The maximum Gasteiger partial charge on any atom is 0.405 e. The number of amides is 1. The van der Waals surface area contributed by atoms with Gasteiger partial charge in [-0.3, -0.25) is 10.5 Å². The van der Waals surface area contributed by atoms with Crippen molar-refractivity contribution in [3.63, 3.8) is 0 Å². The maximum atomic E-state index is 11.9. The van der Waals surface area contributed by atoms with Crippen LogP contribution < -0.4 is 11.1 Å². The third kappa shape index (κ3) is 5.71. The summed E-state index contributed by atoms with van der Waals surface area (Å²) < 4.78 is 35.8. The maximum absolute atomic E-state index is 11.9. The highest BCUT2D eigenvalue weighted by Crippen LogP contribution is 2.14. The van der Waals surface area contributed by atoms with Gasteiger partial charge < -0.3 is 10.4 Å². The summed E-state index contributed by atoms with van der Waals surface area (Å²) in [7, 11) is 0. The van der Waals surface area contributed by atoms with Gasteiger partial charge in [-0.1, -0.05) is 30.3 Å². The third-order valence-electron chi connectivity index (χ3n) is 2.48. The summed E-state index contributed by atoms with van der Waals surface area (Å²) in [6.45, 7) is -1.52. The van der Waals surface area contributed by atoms with Crippen molar-refractivity contribution < 1.29 is 23.1 Å². The molecule has 0 aromatic heterocycles. The van der Waals surface area contributed by atoms with Gasteiger partial charge in [-0.05, 0) is 12.0 Å². The molecule has 0 aliphatic heterocycles. The van der Waals surface area contributed by atoms with Crippen LogP contribution in [0.2, 0.25) is 0 Å². The topological polar surface area (TPSA) is 75.3 Å². The Morgan fingerprint density at radius 2 is 1.84 bits per heavy atom. The summed E-state index contributed by atoms with van der Waals surface area (Å²) in [4.78, 5) is 11.3. The van der Waals surface area contributed by atoms with Gasteiger partial charge in [0.2, 0.25) is 0 Å². The zero-order valence-electron chi connectivity index (χ0n) is 10.1. The van der Waals surface area contributed by atoms with Crippen molar-refractivity contribution in [2.45, 2.75) is 24.7 Å². The van der Waals surface area contributed by atoms with E-state index in [2.05, 4.69) is 0 Å². The average Bonchev–Trinajstić information content (AvgIpc) is 2.34. The van der Waals surface area contributed by atoms with Gasteiger partial charge in [-0.15, -0.1) is 0 Å². The summed E-state index contributed by atoms with van der Waals surface area (Å²) in [5.74, 6) is -1.24. The molecule has 106 valence electrons. The van der Waals surface area contributed by atoms with E-state index in [9.17, 15) is 23.1 Å². The molecule has 0 fully saturated rings. The molecule has 4 nitrogen and oxygen atoms in total. The minimum atomic E-state index is -4.54. The van der Waals surface area contributed by atoms with Crippen LogP contribution in [0.3, 0.4) is 0 Å². The predicted molar refractivity (Wildman–Crippen MR) is 63.0 cm³/mol. The van der Waals surface area contributed by atoms with Crippen LogP contribution >= 0.6 is 0 Å². The molecular formula is C12H15F3N2O2. The Labute approximate surface area is 108 Å². The van der Waals surface area contributed by atoms with Gasteiger partial charge in [0.05, 0.1) is 0 Å². The van der Waals surface area contributed by atoms with Crippen molar-refractivity contribution in [1.29, 1.82) is 0 Å². The monoisotopic (exact) mass is 276 g/mol. The zero-order chi connectivity index (χ0) is 14.5. The number of nitrogens with two attached hydrogens (primary N) is 1. The number of hydrogen-bond donors (Lipinski definition) is 3. The van der Waals surface area contributed by atoms with Crippen molar-refractivity contribution in [3.8, 4) is 0 Å². The lowest BCUT2D eigenvalue weighted by atomic mass is 10.0. The van der Waals surface area contributed by atoms with Crippen LogP contribution in [-0.4, -0.2) is 29.5 Å². The summed E-state index contributed by atoms with van der Waals surface area (Å²) >= 11 is 0. The van der Waals surface area contributed by atoms with E-state index < -0.39 is 24.4 Å². The molecule has 0 saturated heterocycles. The molecule has 0 saturated carbocycles.